The molecule has 10 heteroatoms. The molecule has 5 heterocycles. The standard InChI is InChI=1S/C24H30N8O2/c1-16(33)19-13-17-14-27-24(30-22(17)23(28-19)31-10-3-2-4-11-31)29-20-6-5-18(15-26-20)32-12-9-25-8-7-21(32)34/h5-6,13-16,25,33H,2-4,7-12H2,1H3,(H,26,27,29,30)/t16-/m1/s1. The zero-order valence-electron chi connectivity index (χ0n) is 19.4. The molecule has 2 aliphatic rings. The van der Waals surface area contributed by atoms with E-state index in [1.54, 1.807) is 24.2 Å². The first-order valence-electron chi connectivity index (χ1n) is 11.9. The highest BCUT2D eigenvalue weighted by molar-refractivity contribution is 5.93. The van der Waals surface area contributed by atoms with Gasteiger partial charge in [-0.1, -0.05) is 0 Å². The first kappa shape index (κ1) is 22.4. The fraction of sp³-hybridized carbons (Fsp3) is 0.458. The van der Waals surface area contributed by atoms with Crippen molar-refractivity contribution in [3.63, 3.8) is 0 Å². The van der Waals surface area contributed by atoms with Crippen molar-refractivity contribution in [2.75, 3.05) is 47.8 Å². The van der Waals surface area contributed by atoms with E-state index in [1.165, 1.54) is 6.42 Å². The molecule has 0 unspecified atom stereocenters. The molecular formula is C24H30N8O2. The Morgan fingerprint density at radius 2 is 1.91 bits per heavy atom. The third-order valence-corrected chi connectivity index (χ3v) is 6.28. The molecule has 0 aliphatic carbocycles. The highest BCUT2D eigenvalue weighted by Crippen LogP contribution is 2.29. The van der Waals surface area contributed by atoms with E-state index >= 15 is 0 Å². The van der Waals surface area contributed by atoms with E-state index in [-0.39, 0.29) is 5.91 Å². The Morgan fingerprint density at radius 3 is 2.68 bits per heavy atom. The van der Waals surface area contributed by atoms with Gasteiger partial charge in [0.25, 0.3) is 0 Å². The summed E-state index contributed by atoms with van der Waals surface area (Å²) in [5, 5.41) is 17.4. The topological polar surface area (TPSA) is 119 Å². The molecule has 2 aliphatic heterocycles. The van der Waals surface area contributed by atoms with Crippen molar-refractivity contribution in [2.24, 2.45) is 0 Å². The van der Waals surface area contributed by atoms with Crippen LogP contribution in [0, 0.1) is 0 Å². The van der Waals surface area contributed by atoms with Crippen molar-refractivity contribution in [1.82, 2.24) is 25.3 Å². The monoisotopic (exact) mass is 462 g/mol. The summed E-state index contributed by atoms with van der Waals surface area (Å²) < 4.78 is 0. The van der Waals surface area contributed by atoms with E-state index in [4.69, 9.17) is 9.97 Å². The second-order valence-corrected chi connectivity index (χ2v) is 8.80. The number of fused-ring (bicyclic) bond motifs is 1. The number of aromatic nitrogens is 4. The minimum Gasteiger partial charge on any atom is -0.387 e. The fourth-order valence-electron chi connectivity index (χ4n) is 4.42. The Kier molecular flexibility index (Phi) is 6.50. The first-order chi connectivity index (χ1) is 16.6. The molecule has 0 aromatic carbocycles. The van der Waals surface area contributed by atoms with Crippen LogP contribution in [0.25, 0.3) is 10.9 Å². The Bertz CT molecular complexity index is 1160. The normalized spacial score (nSPS) is 18.1. The van der Waals surface area contributed by atoms with Gasteiger partial charge in [0.15, 0.2) is 5.82 Å². The highest BCUT2D eigenvalue weighted by Gasteiger charge is 2.20. The predicted octanol–water partition coefficient (Wildman–Crippen LogP) is 2.53. The second-order valence-electron chi connectivity index (χ2n) is 8.80. The maximum Gasteiger partial charge on any atom is 0.229 e. The number of hydrogen-bond donors (Lipinski definition) is 3. The summed E-state index contributed by atoms with van der Waals surface area (Å²) in [5.74, 6) is 1.90. The lowest BCUT2D eigenvalue weighted by atomic mass is 10.1. The molecule has 178 valence electrons. The lowest BCUT2D eigenvalue weighted by Crippen LogP contribution is -2.32. The van der Waals surface area contributed by atoms with E-state index in [2.05, 4.69) is 25.5 Å². The number of nitrogens with one attached hydrogen (secondary N) is 2. The molecule has 2 saturated heterocycles. The Labute approximate surface area is 198 Å². The Balaban J connectivity index is 1.41. The van der Waals surface area contributed by atoms with Gasteiger partial charge in [0.05, 0.1) is 23.7 Å². The molecule has 1 atom stereocenters. The van der Waals surface area contributed by atoms with Crippen molar-refractivity contribution in [2.45, 2.75) is 38.7 Å². The maximum absolute atomic E-state index is 12.3. The lowest BCUT2D eigenvalue weighted by molar-refractivity contribution is -0.118. The van der Waals surface area contributed by atoms with E-state index in [9.17, 15) is 9.90 Å². The number of aliphatic hydroxyl groups is 1. The van der Waals surface area contributed by atoms with Crippen LogP contribution in [-0.4, -0.2) is 63.7 Å². The smallest absolute Gasteiger partial charge is 0.229 e. The summed E-state index contributed by atoms with van der Waals surface area (Å²) >= 11 is 0. The van der Waals surface area contributed by atoms with Crippen molar-refractivity contribution in [3.05, 3.63) is 36.3 Å². The molecule has 0 bridgehead atoms. The van der Waals surface area contributed by atoms with Crippen LogP contribution in [0.1, 0.15) is 44.4 Å². The second kappa shape index (κ2) is 9.86. The summed E-state index contributed by atoms with van der Waals surface area (Å²) in [5.41, 5.74) is 2.15. The average Bonchev–Trinajstić information content (AvgIpc) is 3.08. The molecule has 3 aromatic rings. The minimum atomic E-state index is -0.666. The number of rotatable bonds is 5. The van der Waals surface area contributed by atoms with Crippen molar-refractivity contribution in [1.29, 1.82) is 0 Å². The molecule has 34 heavy (non-hydrogen) atoms. The van der Waals surface area contributed by atoms with E-state index in [0.717, 1.165) is 54.9 Å². The van der Waals surface area contributed by atoms with Crippen LogP contribution in [-0.2, 0) is 4.79 Å². The number of amides is 1. The SMILES string of the molecule is C[C@@H](O)c1cc2cnc(Nc3ccc(N4CCNCCC4=O)cn3)nc2c(N2CCCCC2)n1. The number of carbonyl (C=O) groups is 1. The van der Waals surface area contributed by atoms with Gasteiger partial charge in [-0.05, 0) is 44.4 Å². The van der Waals surface area contributed by atoms with Gasteiger partial charge in [-0.25, -0.2) is 19.9 Å². The van der Waals surface area contributed by atoms with Gasteiger partial charge in [-0.2, -0.15) is 0 Å². The van der Waals surface area contributed by atoms with Gasteiger partial charge in [0.2, 0.25) is 11.9 Å². The highest BCUT2D eigenvalue weighted by atomic mass is 16.3. The summed E-state index contributed by atoms with van der Waals surface area (Å²) in [7, 11) is 0. The zero-order chi connectivity index (χ0) is 23.5. The molecule has 3 aromatic heterocycles. The number of anilines is 4. The number of hydrogen-bond acceptors (Lipinski definition) is 9. The number of aliphatic hydroxyl groups excluding tert-OH is 1. The number of carbonyl (C=O) groups excluding carboxylic acids is 1. The van der Waals surface area contributed by atoms with Gasteiger partial charge in [-0.3, -0.25) is 4.79 Å². The fourth-order valence-corrected chi connectivity index (χ4v) is 4.42. The number of pyridine rings is 2. The van der Waals surface area contributed by atoms with E-state index < -0.39 is 6.10 Å². The minimum absolute atomic E-state index is 0.0969. The molecule has 0 spiro atoms. The van der Waals surface area contributed by atoms with Crippen LogP contribution in [0.5, 0.6) is 0 Å². The Morgan fingerprint density at radius 1 is 1.06 bits per heavy atom. The average molecular weight is 463 g/mol. The van der Waals surface area contributed by atoms with Crippen LogP contribution >= 0.6 is 0 Å². The van der Waals surface area contributed by atoms with E-state index in [1.807, 2.05) is 18.2 Å². The largest absolute Gasteiger partial charge is 0.387 e. The lowest BCUT2D eigenvalue weighted by Gasteiger charge is -2.29. The zero-order valence-corrected chi connectivity index (χ0v) is 19.4. The molecule has 1 amide bonds. The first-order valence-corrected chi connectivity index (χ1v) is 11.9. The summed E-state index contributed by atoms with van der Waals surface area (Å²) in [4.78, 5) is 34.8. The van der Waals surface area contributed by atoms with Gasteiger partial charge in [-0.15, -0.1) is 0 Å². The van der Waals surface area contributed by atoms with Crippen LogP contribution in [0.2, 0.25) is 0 Å². The van der Waals surface area contributed by atoms with Crippen LogP contribution in [0.15, 0.2) is 30.6 Å². The van der Waals surface area contributed by atoms with Gasteiger partial charge >= 0.3 is 0 Å². The summed E-state index contributed by atoms with van der Waals surface area (Å²) in [6.07, 6.45) is 6.71. The van der Waals surface area contributed by atoms with Gasteiger partial charge < -0.3 is 25.5 Å². The third-order valence-electron chi connectivity index (χ3n) is 6.28. The molecule has 10 nitrogen and oxygen atoms in total. The van der Waals surface area contributed by atoms with Crippen molar-refractivity contribution >= 4 is 40.1 Å². The van der Waals surface area contributed by atoms with E-state index in [0.29, 0.717) is 37.0 Å². The van der Waals surface area contributed by atoms with Crippen LogP contribution in [0.3, 0.4) is 0 Å². The number of piperidine rings is 1. The molecule has 5 rings (SSSR count). The summed E-state index contributed by atoms with van der Waals surface area (Å²) in [6.45, 7) is 5.66. The van der Waals surface area contributed by atoms with Crippen LogP contribution in [0.4, 0.5) is 23.3 Å². The predicted molar refractivity (Wildman–Crippen MR) is 131 cm³/mol. The maximum atomic E-state index is 12.3. The Hall–Kier alpha value is -3.37. The quantitative estimate of drug-likeness (QED) is 0.525. The molecule has 0 radical (unpaired) electrons. The van der Waals surface area contributed by atoms with Crippen molar-refractivity contribution in [3.8, 4) is 0 Å². The molecule has 0 saturated carbocycles. The van der Waals surface area contributed by atoms with Crippen LogP contribution < -0.4 is 20.4 Å². The molecule has 2 fully saturated rings. The molecule has 3 N–H and O–H groups in total. The third kappa shape index (κ3) is 4.78. The van der Waals surface area contributed by atoms with Gasteiger partial charge in [0.1, 0.15) is 11.3 Å². The van der Waals surface area contributed by atoms with Crippen molar-refractivity contribution < 1.29 is 9.90 Å². The molecular weight excluding hydrogens is 432 g/mol. The number of nitrogens with zero attached hydrogens (tertiary/aromatic N) is 6. The van der Waals surface area contributed by atoms with Gasteiger partial charge in [0, 0.05) is 50.7 Å². The summed E-state index contributed by atoms with van der Waals surface area (Å²) in [6, 6.07) is 5.56.